The van der Waals surface area contributed by atoms with Crippen molar-refractivity contribution >= 4 is 11.9 Å². The molecule has 1 saturated heterocycles. The van der Waals surface area contributed by atoms with E-state index >= 15 is 0 Å². The Kier molecular flexibility index (Phi) is 6.32. The smallest absolute Gasteiger partial charge is 0.306 e. The van der Waals surface area contributed by atoms with Gasteiger partial charge in [-0.3, -0.25) is 9.59 Å². The number of carbonyl (C=O) groups excluding carboxylic acids is 2. The van der Waals surface area contributed by atoms with Crippen LogP contribution in [-0.2, 0) is 19.1 Å². The van der Waals surface area contributed by atoms with E-state index in [-0.39, 0.29) is 33.8 Å². The molecular weight excluding hydrogens is 412 g/mol. The molecule has 1 heterocycles. The Bertz CT molecular complexity index is 818. The van der Waals surface area contributed by atoms with E-state index in [1.165, 1.54) is 51.2 Å². The van der Waals surface area contributed by atoms with Crippen LogP contribution in [0.25, 0.3) is 0 Å². The predicted molar refractivity (Wildman–Crippen MR) is 130 cm³/mol. The van der Waals surface area contributed by atoms with E-state index < -0.39 is 0 Å². The molecule has 4 rings (SSSR count). The fourth-order valence-corrected chi connectivity index (χ4v) is 9.69. The van der Waals surface area contributed by atoms with Crippen molar-refractivity contribution in [2.45, 2.75) is 111 Å². The molecule has 0 radical (unpaired) electrons. The quantitative estimate of drug-likeness (QED) is 0.322. The molecule has 0 aromatic carbocycles. The fourth-order valence-electron chi connectivity index (χ4n) is 9.69. The molecule has 3 aliphatic carbocycles. The first-order valence-electron chi connectivity index (χ1n) is 13.4. The Balaban J connectivity index is 1.63. The van der Waals surface area contributed by atoms with Crippen molar-refractivity contribution < 1.29 is 19.1 Å². The van der Waals surface area contributed by atoms with Crippen LogP contribution in [0.2, 0.25) is 0 Å². The second-order valence-corrected chi connectivity index (χ2v) is 12.9. The molecule has 33 heavy (non-hydrogen) atoms. The maximum absolute atomic E-state index is 12.0. The highest BCUT2D eigenvalue weighted by molar-refractivity contribution is 5.72. The number of methoxy groups -OCH3 is 1. The van der Waals surface area contributed by atoms with Gasteiger partial charge < -0.3 is 9.47 Å². The number of hydrogen-bond acceptors (Lipinski definition) is 4. The molecule has 0 N–H and O–H groups in total. The average Bonchev–Trinajstić information content (AvgIpc) is 3.28. The van der Waals surface area contributed by atoms with Gasteiger partial charge in [0, 0.05) is 18.8 Å². The summed E-state index contributed by atoms with van der Waals surface area (Å²) in [6.07, 6.45) is 11.2. The van der Waals surface area contributed by atoms with Crippen molar-refractivity contribution in [3.63, 3.8) is 0 Å². The highest BCUT2D eigenvalue weighted by Crippen LogP contribution is 2.74. The number of allylic oxidation sites excluding steroid dienone is 1. The van der Waals surface area contributed by atoms with E-state index in [1.54, 1.807) is 0 Å². The Morgan fingerprint density at radius 2 is 1.73 bits per heavy atom. The van der Waals surface area contributed by atoms with Crippen LogP contribution in [0, 0.1) is 39.9 Å². The molecule has 0 bridgehead atoms. The van der Waals surface area contributed by atoms with Crippen LogP contribution in [0.4, 0.5) is 0 Å². The second-order valence-electron chi connectivity index (χ2n) is 12.9. The summed E-state index contributed by atoms with van der Waals surface area (Å²) in [5.41, 5.74) is 1.71. The van der Waals surface area contributed by atoms with Crippen molar-refractivity contribution in [3.05, 3.63) is 12.2 Å². The minimum absolute atomic E-state index is 0.00820. The van der Waals surface area contributed by atoms with Crippen LogP contribution in [0.15, 0.2) is 12.2 Å². The number of hydrogen-bond donors (Lipinski definition) is 0. The summed E-state index contributed by atoms with van der Waals surface area (Å²) in [7, 11) is 1.49. The van der Waals surface area contributed by atoms with Crippen LogP contribution >= 0.6 is 0 Å². The molecule has 186 valence electrons. The van der Waals surface area contributed by atoms with Gasteiger partial charge in [0.2, 0.25) is 0 Å². The van der Waals surface area contributed by atoms with E-state index in [4.69, 9.17) is 9.47 Å². The largest absolute Gasteiger partial charge is 0.469 e. The van der Waals surface area contributed by atoms with Gasteiger partial charge in [-0.1, -0.05) is 32.9 Å². The zero-order valence-electron chi connectivity index (χ0n) is 21.9. The fraction of sp³-hybridized carbons (Fsp3) is 0.862. The maximum Gasteiger partial charge on any atom is 0.306 e. The summed E-state index contributed by atoms with van der Waals surface area (Å²) in [6.45, 7) is 16.5. The van der Waals surface area contributed by atoms with Crippen molar-refractivity contribution in [2.75, 3.05) is 7.11 Å². The molecule has 3 saturated carbocycles. The van der Waals surface area contributed by atoms with Crippen LogP contribution in [0.3, 0.4) is 0 Å². The van der Waals surface area contributed by atoms with Gasteiger partial charge in [0.05, 0.1) is 7.11 Å². The first-order valence-corrected chi connectivity index (χ1v) is 13.4. The Hall–Kier alpha value is -1.32. The van der Waals surface area contributed by atoms with Crippen LogP contribution in [-0.4, -0.2) is 24.6 Å². The molecule has 4 nitrogen and oxygen atoms in total. The predicted octanol–water partition coefficient (Wildman–Crippen LogP) is 6.87. The van der Waals surface area contributed by atoms with E-state index in [0.29, 0.717) is 36.5 Å². The number of fused-ring (bicyclic) bond motifs is 3. The zero-order chi connectivity index (χ0) is 24.2. The molecule has 0 amide bonds. The summed E-state index contributed by atoms with van der Waals surface area (Å²) in [6, 6.07) is 0. The Morgan fingerprint density at radius 1 is 1.03 bits per heavy atom. The first kappa shape index (κ1) is 24.8. The lowest BCUT2D eigenvalue weighted by atomic mass is 9.38. The van der Waals surface area contributed by atoms with Crippen LogP contribution in [0.5, 0.6) is 0 Å². The molecule has 0 unspecified atom stereocenters. The highest BCUT2D eigenvalue weighted by atomic mass is 16.6. The molecule has 8 atom stereocenters. The van der Waals surface area contributed by atoms with Crippen molar-refractivity contribution in [1.82, 2.24) is 0 Å². The molecule has 0 spiro atoms. The number of cyclic esters (lactones) is 1. The first-order chi connectivity index (χ1) is 15.4. The number of rotatable bonds is 6. The average molecular weight is 459 g/mol. The summed E-state index contributed by atoms with van der Waals surface area (Å²) in [5.74, 6) is 2.13. The van der Waals surface area contributed by atoms with E-state index in [2.05, 4.69) is 41.2 Å². The van der Waals surface area contributed by atoms with Gasteiger partial charge in [0.15, 0.2) is 0 Å². The normalized spacial score (nSPS) is 46.9. The van der Waals surface area contributed by atoms with Crippen molar-refractivity contribution in [3.8, 4) is 0 Å². The van der Waals surface area contributed by atoms with Crippen molar-refractivity contribution in [2.24, 2.45) is 39.9 Å². The number of ether oxygens (including phenoxy) is 2. The summed E-state index contributed by atoms with van der Waals surface area (Å²) in [4.78, 5) is 23.9. The molecular formula is C29H46O4. The van der Waals surface area contributed by atoms with Gasteiger partial charge >= 0.3 is 11.9 Å². The van der Waals surface area contributed by atoms with E-state index in [9.17, 15) is 9.59 Å². The number of carbonyl (C=O) groups is 2. The molecule has 0 aromatic rings. The lowest BCUT2D eigenvalue weighted by Gasteiger charge is -2.66. The Morgan fingerprint density at radius 3 is 2.33 bits per heavy atom. The lowest BCUT2D eigenvalue weighted by molar-refractivity contribution is -0.180. The third-order valence-corrected chi connectivity index (χ3v) is 11.5. The van der Waals surface area contributed by atoms with Crippen LogP contribution in [0.1, 0.15) is 105 Å². The summed E-state index contributed by atoms with van der Waals surface area (Å²) < 4.78 is 10.9. The summed E-state index contributed by atoms with van der Waals surface area (Å²) >= 11 is 0. The Labute approximate surface area is 201 Å². The minimum Gasteiger partial charge on any atom is -0.469 e. The molecule has 0 aromatic heterocycles. The molecule has 1 aliphatic heterocycles. The van der Waals surface area contributed by atoms with Gasteiger partial charge in [0.25, 0.3) is 0 Å². The van der Waals surface area contributed by atoms with Gasteiger partial charge in [-0.25, -0.2) is 0 Å². The van der Waals surface area contributed by atoms with Crippen LogP contribution < -0.4 is 0 Å². The van der Waals surface area contributed by atoms with Gasteiger partial charge in [-0.2, -0.15) is 0 Å². The maximum atomic E-state index is 12.0. The van der Waals surface area contributed by atoms with Crippen molar-refractivity contribution in [1.29, 1.82) is 0 Å². The van der Waals surface area contributed by atoms with Gasteiger partial charge in [-0.15, -0.1) is 0 Å². The van der Waals surface area contributed by atoms with Gasteiger partial charge in [-0.05, 0) is 106 Å². The topological polar surface area (TPSA) is 52.6 Å². The molecule has 4 aliphatic rings. The number of esters is 2. The SMILES string of the molecule is C=C(C)[C@@H]1CC[C@]2(C)[C@H](CC[C@@H]3[C@H]([C@]4(C)CCC(=O)O4)CC[C@]32C)[C@@]1(C)CCCC(=O)OC. The van der Waals surface area contributed by atoms with E-state index in [0.717, 1.165) is 19.3 Å². The molecule has 4 fully saturated rings. The monoisotopic (exact) mass is 458 g/mol. The minimum atomic E-state index is -0.276. The summed E-state index contributed by atoms with van der Waals surface area (Å²) in [5, 5.41) is 0. The second kappa shape index (κ2) is 8.41. The van der Waals surface area contributed by atoms with Gasteiger partial charge in [0.1, 0.15) is 5.60 Å². The third kappa shape index (κ3) is 3.69. The molecule has 4 heteroatoms. The van der Waals surface area contributed by atoms with E-state index in [1.807, 2.05) is 0 Å². The zero-order valence-corrected chi connectivity index (χ0v) is 21.9. The standard InChI is InChI=1S/C29H46O4/c1-19(2)20-12-17-28(5)23(26(20,3)15-8-9-24(30)32-7)11-10-21-22(13-16-27(21,28)4)29(6)18-14-25(31)33-29/h20-23H,1,8-18H2,2-7H3/t20-,21+,22+,23+,26-,27+,28+,29-/m0/s1. The lowest BCUT2D eigenvalue weighted by Crippen LogP contribution is -2.60. The highest BCUT2D eigenvalue weighted by Gasteiger charge is 2.68. The third-order valence-electron chi connectivity index (χ3n) is 11.5.